The number of rotatable bonds is 3. The van der Waals surface area contributed by atoms with Crippen molar-refractivity contribution in [2.24, 2.45) is 0 Å². The van der Waals surface area contributed by atoms with Crippen LogP contribution in [0.15, 0.2) is 28.0 Å². The number of carbonyl (C=O) groups excluding carboxylic acids is 1. The van der Waals surface area contributed by atoms with E-state index in [1.807, 2.05) is 31.4 Å². The molecule has 0 aliphatic carbocycles. The highest BCUT2D eigenvalue weighted by atomic mass is 32.1. The number of amides is 1. The molecule has 0 saturated carbocycles. The molecule has 2 aromatic rings. The van der Waals surface area contributed by atoms with Gasteiger partial charge in [-0.25, -0.2) is 0 Å². The number of carbonyl (C=O) groups is 1. The van der Waals surface area contributed by atoms with Crippen molar-refractivity contribution in [3.05, 3.63) is 45.5 Å². The highest BCUT2D eigenvalue weighted by Crippen LogP contribution is 2.20. The molecule has 0 radical (unpaired) electrons. The Hall–Kier alpha value is -1.55. The van der Waals surface area contributed by atoms with Gasteiger partial charge in [0.15, 0.2) is 0 Å². The first-order chi connectivity index (χ1) is 8.08. The third-order valence-electron chi connectivity index (χ3n) is 2.60. The second-order valence-corrected chi connectivity index (χ2v) is 5.02. The highest BCUT2D eigenvalue weighted by molar-refractivity contribution is 7.10. The molecule has 1 amide bonds. The molecule has 0 aliphatic heterocycles. The van der Waals surface area contributed by atoms with Gasteiger partial charge in [0, 0.05) is 4.88 Å². The van der Waals surface area contributed by atoms with E-state index < -0.39 is 0 Å². The molecule has 2 rings (SSSR count). The summed E-state index contributed by atoms with van der Waals surface area (Å²) >= 11 is 1.64. The van der Waals surface area contributed by atoms with Crippen LogP contribution >= 0.6 is 11.3 Å². The SMILES string of the molecule is Cc1cc(C(=O)N[C@@H](C)c2cccs2)c(C)o1. The Kier molecular flexibility index (Phi) is 3.33. The fraction of sp³-hybridized carbons (Fsp3) is 0.308. The second kappa shape index (κ2) is 4.75. The monoisotopic (exact) mass is 249 g/mol. The van der Waals surface area contributed by atoms with Gasteiger partial charge in [-0.05, 0) is 38.3 Å². The number of hydrogen-bond acceptors (Lipinski definition) is 3. The molecule has 3 nitrogen and oxygen atoms in total. The summed E-state index contributed by atoms with van der Waals surface area (Å²) in [5.74, 6) is 1.34. The van der Waals surface area contributed by atoms with Gasteiger partial charge < -0.3 is 9.73 Å². The number of nitrogens with one attached hydrogen (secondary N) is 1. The highest BCUT2D eigenvalue weighted by Gasteiger charge is 2.16. The minimum absolute atomic E-state index is 0.0251. The largest absolute Gasteiger partial charge is 0.466 e. The summed E-state index contributed by atoms with van der Waals surface area (Å²) in [6.45, 7) is 5.62. The summed E-state index contributed by atoms with van der Waals surface area (Å²) < 4.78 is 5.35. The molecule has 0 spiro atoms. The molecular formula is C13H15NO2S. The average molecular weight is 249 g/mol. The summed E-state index contributed by atoms with van der Waals surface area (Å²) in [5.41, 5.74) is 0.617. The van der Waals surface area contributed by atoms with Crippen LogP contribution in [0.1, 0.15) is 39.7 Å². The molecule has 2 heterocycles. The molecule has 1 N–H and O–H groups in total. The third-order valence-corrected chi connectivity index (χ3v) is 3.66. The summed E-state index contributed by atoms with van der Waals surface area (Å²) in [5, 5.41) is 4.97. The minimum atomic E-state index is -0.0831. The number of aryl methyl sites for hydroxylation is 2. The molecule has 2 aromatic heterocycles. The molecule has 4 heteroatoms. The number of hydrogen-bond donors (Lipinski definition) is 1. The minimum Gasteiger partial charge on any atom is -0.466 e. The van der Waals surface area contributed by atoms with E-state index in [0.29, 0.717) is 11.3 Å². The van der Waals surface area contributed by atoms with Crippen molar-refractivity contribution in [2.75, 3.05) is 0 Å². The van der Waals surface area contributed by atoms with Crippen LogP contribution in [0.3, 0.4) is 0 Å². The molecule has 0 saturated heterocycles. The van der Waals surface area contributed by atoms with Crippen molar-refractivity contribution in [3.63, 3.8) is 0 Å². The zero-order valence-corrected chi connectivity index (χ0v) is 10.9. The Bertz CT molecular complexity index is 514. The van der Waals surface area contributed by atoms with Gasteiger partial charge >= 0.3 is 0 Å². The summed E-state index contributed by atoms with van der Waals surface area (Å²) in [6, 6.07) is 5.79. The summed E-state index contributed by atoms with van der Waals surface area (Å²) in [6.07, 6.45) is 0. The zero-order valence-electron chi connectivity index (χ0n) is 10.1. The molecular weight excluding hydrogens is 234 g/mol. The quantitative estimate of drug-likeness (QED) is 0.905. The fourth-order valence-electron chi connectivity index (χ4n) is 1.74. The molecule has 1 atom stereocenters. The van der Waals surface area contributed by atoms with E-state index in [9.17, 15) is 4.79 Å². The van der Waals surface area contributed by atoms with E-state index in [2.05, 4.69) is 5.32 Å². The predicted molar refractivity (Wildman–Crippen MR) is 68.4 cm³/mol. The molecule has 0 unspecified atom stereocenters. The third kappa shape index (κ3) is 2.58. The van der Waals surface area contributed by atoms with Crippen molar-refractivity contribution >= 4 is 17.2 Å². The molecule has 17 heavy (non-hydrogen) atoms. The average Bonchev–Trinajstić information content (AvgIpc) is 2.87. The van der Waals surface area contributed by atoms with E-state index in [1.54, 1.807) is 24.3 Å². The topological polar surface area (TPSA) is 42.2 Å². The normalized spacial score (nSPS) is 12.4. The van der Waals surface area contributed by atoms with Crippen LogP contribution in [-0.4, -0.2) is 5.91 Å². The summed E-state index contributed by atoms with van der Waals surface area (Å²) in [7, 11) is 0. The molecule has 0 bridgehead atoms. The Morgan fingerprint density at radius 3 is 2.76 bits per heavy atom. The first-order valence-corrected chi connectivity index (χ1v) is 6.37. The van der Waals surface area contributed by atoms with Crippen LogP contribution in [0.25, 0.3) is 0 Å². The fourth-order valence-corrected chi connectivity index (χ4v) is 2.47. The molecule has 0 aliphatic rings. The van der Waals surface area contributed by atoms with Gasteiger partial charge in [-0.1, -0.05) is 6.07 Å². The first-order valence-electron chi connectivity index (χ1n) is 5.49. The lowest BCUT2D eigenvalue weighted by Gasteiger charge is -2.11. The molecule has 0 aromatic carbocycles. The van der Waals surface area contributed by atoms with Crippen molar-refractivity contribution < 1.29 is 9.21 Å². The van der Waals surface area contributed by atoms with E-state index in [0.717, 1.165) is 10.6 Å². The van der Waals surface area contributed by atoms with Crippen molar-refractivity contribution in [1.82, 2.24) is 5.32 Å². The smallest absolute Gasteiger partial charge is 0.255 e. The van der Waals surface area contributed by atoms with E-state index in [4.69, 9.17) is 4.42 Å². The van der Waals surface area contributed by atoms with E-state index in [1.165, 1.54) is 0 Å². The Morgan fingerprint density at radius 1 is 1.47 bits per heavy atom. The Morgan fingerprint density at radius 2 is 2.24 bits per heavy atom. The van der Waals surface area contributed by atoms with Gasteiger partial charge in [-0.2, -0.15) is 0 Å². The number of furan rings is 1. The standard InChI is InChI=1S/C13H15NO2S/c1-8-7-11(10(3)16-8)13(15)14-9(2)12-5-4-6-17-12/h4-7,9H,1-3H3,(H,14,15)/t9-/m0/s1. The maximum absolute atomic E-state index is 12.0. The molecule has 0 fully saturated rings. The van der Waals surface area contributed by atoms with Crippen molar-refractivity contribution in [1.29, 1.82) is 0 Å². The molecule has 90 valence electrons. The van der Waals surface area contributed by atoms with Crippen LogP contribution in [0, 0.1) is 13.8 Å². The first kappa shape index (κ1) is 11.9. The van der Waals surface area contributed by atoms with Gasteiger partial charge in [0.25, 0.3) is 5.91 Å². The van der Waals surface area contributed by atoms with Crippen LogP contribution in [0.4, 0.5) is 0 Å². The maximum atomic E-state index is 12.0. The van der Waals surface area contributed by atoms with Crippen molar-refractivity contribution in [3.8, 4) is 0 Å². The Balaban J connectivity index is 2.09. The van der Waals surface area contributed by atoms with Crippen LogP contribution in [0.5, 0.6) is 0 Å². The lowest BCUT2D eigenvalue weighted by molar-refractivity contribution is 0.0939. The van der Waals surface area contributed by atoms with E-state index >= 15 is 0 Å². The number of thiophene rings is 1. The second-order valence-electron chi connectivity index (χ2n) is 4.04. The van der Waals surface area contributed by atoms with Crippen LogP contribution < -0.4 is 5.32 Å². The maximum Gasteiger partial charge on any atom is 0.255 e. The lowest BCUT2D eigenvalue weighted by Crippen LogP contribution is -2.26. The van der Waals surface area contributed by atoms with E-state index in [-0.39, 0.29) is 11.9 Å². The van der Waals surface area contributed by atoms with Gasteiger partial charge in [-0.3, -0.25) is 4.79 Å². The summed E-state index contributed by atoms with van der Waals surface area (Å²) in [4.78, 5) is 13.2. The van der Waals surface area contributed by atoms with Gasteiger partial charge in [0.05, 0.1) is 11.6 Å². The Labute approximate surface area is 104 Å². The predicted octanol–water partition coefficient (Wildman–Crippen LogP) is 3.45. The van der Waals surface area contributed by atoms with Gasteiger partial charge in [0.1, 0.15) is 11.5 Å². The van der Waals surface area contributed by atoms with Crippen LogP contribution in [-0.2, 0) is 0 Å². The van der Waals surface area contributed by atoms with Crippen molar-refractivity contribution in [2.45, 2.75) is 26.8 Å². The van der Waals surface area contributed by atoms with Gasteiger partial charge in [-0.15, -0.1) is 11.3 Å². The van der Waals surface area contributed by atoms with Gasteiger partial charge in [0.2, 0.25) is 0 Å². The zero-order chi connectivity index (χ0) is 12.4. The van der Waals surface area contributed by atoms with Crippen LogP contribution in [0.2, 0.25) is 0 Å². The lowest BCUT2D eigenvalue weighted by atomic mass is 10.2.